The Kier molecular flexibility index (Phi) is 8.36. The van der Waals surface area contributed by atoms with Gasteiger partial charge in [0.1, 0.15) is 6.07 Å². The number of fused-ring (bicyclic) bond motifs is 1. The summed E-state index contributed by atoms with van der Waals surface area (Å²) < 4.78 is 6.84. The molecular weight excluding hydrogens is 570 g/mol. The molecular formula is C33H37N9O3. The van der Waals surface area contributed by atoms with Crippen LogP contribution in [0.15, 0.2) is 54.7 Å². The number of nitrogens with zero attached hydrogens (tertiary/aromatic N) is 7. The SMILES string of the molecule is CC(C)(C)c1ccc(C(=O)NC2CCCN(c3nc(Nc4ccc(C(=O)N5CCOCC5)cc4)c4ncc(C#N)n4n3)C2)cc1. The Balaban J connectivity index is 1.19. The highest BCUT2D eigenvalue weighted by atomic mass is 16.5. The molecule has 0 spiro atoms. The molecule has 0 aliphatic carbocycles. The van der Waals surface area contributed by atoms with Gasteiger partial charge in [-0.25, -0.2) is 4.98 Å². The third-order valence-corrected chi connectivity index (χ3v) is 8.21. The molecule has 4 aromatic rings. The van der Waals surface area contributed by atoms with Crippen LogP contribution in [0.3, 0.4) is 0 Å². The van der Waals surface area contributed by atoms with E-state index in [1.54, 1.807) is 17.0 Å². The van der Waals surface area contributed by atoms with Crippen LogP contribution in [0.4, 0.5) is 17.5 Å². The van der Waals surface area contributed by atoms with Crippen LogP contribution in [-0.2, 0) is 10.2 Å². The number of carbonyl (C=O) groups is 2. The van der Waals surface area contributed by atoms with Crippen LogP contribution in [0.1, 0.15) is 65.6 Å². The monoisotopic (exact) mass is 607 g/mol. The van der Waals surface area contributed by atoms with E-state index in [1.807, 2.05) is 41.3 Å². The summed E-state index contributed by atoms with van der Waals surface area (Å²) in [6.45, 7) is 9.90. The summed E-state index contributed by atoms with van der Waals surface area (Å²) in [6, 6.07) is 17.0. The number of rotatable bonds is 6. The highest BCUT2D eigenvalue weighted by molar-refractivity contribution is 5.95. The maximum atomic E-state index is 13.1. The topological polar surface area (TPSA) is 141 Å². The number of amides is 2. The van der Waals surface area contributed by atoms with Crippen LogP contribution >= 0.6 is 0 Å². The van der Waals surface area contributed by atoms with Gasteiger partial charge in [-0.1, -0.05) is 32.9 Å². The van der Waals surface area contributed by atoms with E-state index in [2.05, 4.69) is 47.6 Å². The van der Waals surface area contributed by atoms with E-state index in [1.165, 1.54) is 16.3 Å². The summed E-state index contributed by atoms with van der Waals surface area (Å²) in [4.78, 5) is 39.0. The molecule has 12 heteroatoms. The second-order valence-electron chi connectivity index (χ2n) is 12.4. The lowest BCUT2D eigenvalue weighted by atomic mass is 9.86. The van der Waals surface area contributed by atoms with Gasteiger partial charge in [-0.15, -0.1) is 5.10 Å². The number of hydrogen-bond donors (Lipinski definition) is 2. The van der Waals surface area contributed by atoms with Gasteiger partial charge in [-0.2, -0.15) is 14.8 Å². The molecule has 2 N–H and O–H groups in total. The number of benzene rings is 2. The number of piperidine rings is 1. The van der Waals surface area contributed by atoms with Gasteiger partial charge in [0.05, 0.1) is 19.4 Å². The first kappa shape index (κ1) is 30.0. The van der Waals surface area contributed by atoms with E-state index in [4.69, 9.17) is 9.72 Å². The zero-order chi connectivity index (χ0) is 31.6. The number of nitrogens with one attached hydrogen (secondary N) is 2. The van der Waals surface area contributed by atoms with Gasteiger partial charge in [0, 0.05) is 49.0 Å². The molecule has 0 saturated carbocycles. The Bertz CT molecular complexity index is 1730. The molecule has 2 aromatic carbocycles. The zero-order valence-electron chi connectivity index (χ0n) is 25.8. The number of ether oxygens (including phenoxy) is 1. The molecule has 0 radical (unpaired) electrons. The van der Waals surface area contributed by atoms with Crippen molar-refractivity contribution in [2.75, 3.05) is 49.6 Å². The molecule has 2 aliphatic rings. The maximum absolute atomic E-state index is 13.1. The maximum Gasteiger partial charge on any atom is 0.254 e. The summed E-state index contributed by atoms with van der Waals surface area (Å²) in [7, 11) is 0. The van der Waals surface area contributed by atoms with E-state index in [0.717, 1.165) is 12.8 Å². The summed E-state index contributed by atoms with van der Waals surface area (Å²) in [5, 5.41) is 20.9. The number of hydrogen-bond acceptors (Lipinski definition) is 9. The molecule has 2 aliphatic heterocycles. The van der Waals surface area contributed by atoms with Gasteiger partial charge < -0.3 is 25.2 Å². The molecule has 2 amide bonds. The Hall–Kier alpha value is -5.02. The van der Waals surface area contributed by atoms with Crippen molar-refractivity contribution in [1.29, 1.82) is 5.26 Å². The fraction of sp³-hybridized carbons (Fsp3) is 0.394. The minimum Gasteiger partial charge on any atom is -0.378 e. The Labute approximate surface area is 262 Å². The van der Waals surface area contributed by atoms with Crippen molar-refractivity contribution in [2.24, 2.45) is 0 Å². The lowest BCUT2D eigenvalue weighted by molar-refractivity contribution is 0.0303. The molecule has 2 saturated heterocycles. The van der Waals surface area contributed by atoms with Gasteiger partial charge in [0.15, 0.2) is 17.2 Å². The molecule has 2 fully saturated rings. The molecule has 45 heavy (non-hydrogen) atoms. The van der Waals surface area contributed by atoms with Crippen LogP contribution in [0.25, 0.3) is 5.65 Å². The quantitative estimate of drug-likeness (QED) is 0.334. The molecule has 1 atom stereocenters. The fourth-order valence-corrected chi connectivity index (χ4v) is 5.61. The highest BCUT2D eigenvalue weighted by Gasteiger charge is 2.26. The number of carbonyl (C=O) groups excluding carboxylic acids is 2. The minimum absolute atomic E-state index is 0.0138. The van der Waals surface area contributed by atoms with Crippen LogP contribution in [-0.4, -0.2) is 81.7 Å². The molecule has 1 unspecified atom stereocenters. The van der Waals surface area contributed by atoms with Crippen molar-refractivity contribution in [3.63, 3.8) is 0 Å². The first-order chi connectivity index (χ1) is 21.7. The Morgan fingerprint density at radius 3 is 2.40 bits per heavy atom. The lowest BCUT2D eigenvalue weighted by Crippen LogP contribution is -2.48. The molecule has 2 aromatic heterocycles. The number of aromatic nitrogens is 4. The number of morpholine rings is 1. The smallest absolute Gasteiger partial charge is 0.254 e. The van der Waals surface area contributed by atoms with E-state index in [-0.39, 0.29) is 29.0 Å². The van der Waals surface area contributed by atoms with Gasteiger partial charge in [-0.05, 0) is 60.2 Å². The predicted molar refractivity (Wildman–Crippen MR) is 170 cm³/mol. The van der Waals surface area contributed by atoms with Crippen LogP contribution in [0.5, 0.6) is 0 Å². The van der Waals surface area contributed by atoms with E-state index < -0.39 is 0 Å². The minimum atomic E-state index is -0.113. The van der Waals surface area contributed by atoms with E-state index in [9.17, 15) is 14.9 Å². The fourth-order valence-electron chi connectivity index (χ4n) is 5.61. The van der Waals surface area contributed by atoms with Crippen LogP contribution in [0.2, 0.25) is 0 Å². The second-order valence-corrected chi connectivity index (χ2v) is 12.4. The van der Waals surface area contributed by atoms with Crippen molar-refractivity contribution < 1.29 is 14.3 Å². The van der Waals surface area contributed by atoms with Crippen LogP contribution in [0, 0.1) is 11.3 Å². The van der Waals surface area contributed by atoms with Crippen molar-refractivity contribution >= 4 is 34.9 Å². The second kappa shape index (κ2) is 12.5. The van der Waals surface area contributed by atoms with Crippen molar-refractivity contribution in [2.45, 2.75) is 45.1 Å². The average Bonchev–Trinajstić information content (AvgIpc) is 3.48. The Morgan fingerprint density at radius 1 is 1.00 bits per heavy atom. The first-order valence-electron chi connectivity index (χ1n) is 15.3. The largest absolute Gasteiger partial charge is 0.378 e. The highest BCUT2D eigenvalue weighted by Crippen LogP contribution is 2.26. The predicted octanol–water partition coefficient (Wildman–Crippen LogP) is 3.91. The molecule has 232 valence electrons. The molecule has 4 heterocycles. The van der Waals surface area contributed by atoms with Crippen molar-refractivity contribution in [3.05, 3.63) is 77.1 Å². The van der Waals surface area contributed by atoms with Crippen molar-refractivity contribution in [3.8, 4) is 6.07 Å². The normalized spacial score (nSPS) is 17.2. The van der Waals surface area contributed by atoms with Crippen molar-refractivity contribution in [1.82, 2.24) is 29.8 Å². The number of nitriles is 1. The summed E-state index contributed by atoms with van der Waals surface area (Å²) in [5.41, 5.74) is 3.80. The van der Waals surface area contributed by atoms with E-state index in [0.29, 0.717) is 73.6 Å². The zero-order valence-corrected chi connectivity index (χ0v) is 25.8. The van der Waals surface area contributed by atoms with Crippen LogP contribution < -0.4 is 15.5 Å². The molecule has 6 rings (SSSR count). The van der Waals surface area contributed by atoms with Gasteiger partial charge in [0.25, 0.3) is 11.8 Å². The molecule has 12 nitrogen and oxygen atoms in total. The van der Waals surface area contributed by atoms with E-state index >= 15 is 0 Å². The third kappa shape index (κ3) is 6.58. The number of anilines is 3. The third-order valence-electron chi connectivity index (χ3n) is 8.21. The number of imidazole rings is 1. The van der Waals surface area contributed by atoms with Gasteiger partial charge >= 0.3 is 0 Å². The summed E-state index contributed by atoms with van der Waals surface area (Å²) in [5.74, 6) is 0.709. The van der Waals surface area contributed by atoms with Gasteiger partial charge in [0.2, 0.25) is 5.95 Å². The lowest BCUT2D eigenvalue weighted by Gasteiger charge is -2.33. The average molecular weight is 608 g/mol. The molecule has 0 bridgehead atoms. The van der Waals surface area contributed by atoms with Gasteiger partial charge in [-0.3, -0.25) is 9.59 Å². The summed E-state index contributed by atoms with van der Waals surface area (Å²) in [6.07, 6.45) is 3.14. The first-order valence-corrected chi connectivity index (χ1v) is 15.3. The Morgan fingerprint density at radius 2 is 1.71 bits per heavy atom. The summed E-state index contributed by atoms with van der Waals surface area (Å²) >= 11 is 0. The standard InChI is InChI=1S/C33H37N9O3/c1-33(2,3)24-10-6-22(7-11-24)30(43)37-26-5-4-14-41(21-26)32-38-28(29-35-20-27(19-34)42(29)39-32)36-25-12-8-23(9-13-25)31(44)40-15-17-45-18-16-40/h6-13,20,26H,4-5,14-18,21H2,1-3H3,(H,37,43)(H,36,38,39).